The molecule has 0 aliphatic rings. The van der Waals surface area contributed by atoms with Gasteiger partial charge in [0.05, 0.1) is 12.0 Å². The molecule has 0 fully saturated rings. The molecular weight excluding hydrogens is 334 g/mol. The van der Waals surface area contributed by atoms with E-state index in [-0.39, 0.29) is 11.2 Å². The van der Waals surface area contributed by atoms with Crippen LogP contribution in [0.1, 0.15) is 58.3 Å². The van der Waals surface area contributed by atoms with E-state index in [9.17, 15) is 9.59 Å². The van der Waals surface area contributed by atoms with Crippen molar-refractivity contribution in [1.82, 2.24) is 18.7 Å². The number of hydrogen-bond acceptors (Lipinski definition) is 5. The average Bonchev–Trinajstić information content (AvgIpc) is 3.02. The Balaban J connectivity index is 1.79. The fourth-order valence-electron chi connectivity index (χ4n) is 3.18. The van der Waals surface area contributed by atoms with Gasteiger partial charge in [-0.15, -0.1) is 0 Å². The lowest BCUT2D eigenvalue weighted by Gasteiger charge is -2.08. The maximum absolute atomic E-state index is 12.6. The molecule has 26 heavy (non-hydrogen) atoms. The number of nitrogens with zero attached hydrogens (tertiary/aromatic N) is 5. The van der Waals surface area contributed by atoms with Gasteiger partial charge in [-0.05, 0) is 26.2 Å². The van der Waals surface area contributed by atoms with Gasteiger partial charge in [0.15, 0.2) is 11.2 Å². The van der Waals surface area contributed by atoms with Crippen LogP contribution in [0.5, 0.6) is 0 Å². The minimum absolute atomic E-state index is 0.260. The molecule has 2 heterocycles. The van der Waals surface area contributed by atoms with Gasteiger partial charge >= 0.3 is 5.69 Å². The van der Waals surface area contributed by atoms with E-state index >= 15 is 0 Å². The smallest absolute Gasteiger partial charge is 0.332 e. The summed E-state index contributed by atoms with van der Waals surface area (Å²) in [4.78, 5) is 29.1. The molecule has 0 amide bonds. The van der Waals surface area contributed by atoms with Gasteiger partial charge in [0.25, 0.3) is 5.56 Å². The maximum atomic E-state index is 12.6. The van der Waals surface area contributed by atoms with Crippen molar-refractivity contribution >= 4 is 16.9 Å². The van der Waals surface area contributed by atoms with Crippen molar-refractivity contribution in [2.75, 3.05) is 0 Å². The van der Waals surface area contributed by atoms with Gasteiger partial charge in [-0.1, -0.05) is 37.3 Å². The van der Waals surface area contributed by atoms with Crippen molar-refractivity contribution in [3.63, 3.8) is 0 Å². The molecule has 0 spiro atoms. The quantitative estimate of drug-likeness (QED) is 0.303. The summed E-state index contributed by atoms with van der Waals surface area (Å²) >= 11 is 0. The topological polar surface area (TPSA) is 94.4 Å². The van der Waals surface area contributed by atoms with Gasteiger partial charge in [0.1, 0.15) is 0 Å². The molecule has 2 aromatic rings. The summed E-state index contributed by atoms with van der Waals surface area (Å²) in [5.74, 6) is 0. The van der Waals surface area contributed by atoms with E-state index in [0.717, 1.165) is 57.1 Å². The number of fused-ring (bicyclic) bond motifs is 1. The number of imidazole rings is 1. The fraction of sp³-hybridized carbons (Fsp3) is 0.667. The van der Waals surface area contributed by atoms with Crippen LogP contribution in [0, 0.1) is 0 Å². The van der Waals surface area contributed by atoms with Gasteiger partial charge in [0, 0.05) is 20.6 Å². The van der Waals surface area contributed by atoms with Gasteiger partial charge in [-0.25, -0.2) is 9.78 Å². The first-order chi connectivity index (χ1) is 12.5. The largest absolute Gasteiger partial charge is 0.411 e. The van der Waals surface area contributed by atoms with E-state index in [1.54, 1.807) is 25.0 Å². The van der Waals surface area contributed by atoms with E-state index < -0.39 is 0 Å². The number of aromatic nitrogens is 4. The predicted octanol–water partition coefficient (Wildman–Crippen LogP) is 2.40. The fourth-order valence-corrected chi connectivity index (χ4v) is 3.18. The van der Waals surface area contributed by atoms with Crippen LogP contribution in [0.3, 0.4) is 0 Å². The third-order valence-electron chi connectivity index (χ3n) is 4.79. The van der Waals surface area contributed by atoms with Crippen molar-refractivity contribution in [1.29, 1.82) is 0 Å². The molecule has 1 N–H and O–H groups in total. The maximum Gasteiger partial charge on any atom is 0.332 e. The van der Waals surface area contributed by atoms with Crippen LogP contribution in [-0.4, -0.2) is 29.6 Å². The number of rotatable bonds is 10. The van der Waals surface area contributed by atoms with E-state index in [1.807, 2.05) is 6.92 Å². The number of oxime groups is 1. The molecule has 0 radical (unpaired) electrons. The van der Waals surface area contributed by atoms with Crippen molar-refractivity contribution in [3.05, 3.63) is 27.2 Å². The molecule has 2 aromatic heterocycles. The molecule has 8 nitrogen and oxygen atoms in total. The molecule has 0 atom stereocenters. The second-order valence-corrected chi connectivity index (χ2v) is 6.89. The first kappa shape index (κ1) is 19.9. The molecule has 2 rings (SSSR count). The SMILES string of the molecule is CC(CCCCCCCCCn1c(=O)c2c(ncn2C)n(C)c1=O)=NO. The van der Waals surface area contributed by atoms with Crippen molar-refractivity contribution in [3.8, 4) is 0 Å². The molecule has 8 heteroatoms. The Morgan fingerprint density at radius 2 is 1.69 bits per heavy atom. The minimum atomic E-state index is -0.304. The zero-order valence-corrected chi connectivity index (χ0v) is 15.9. The van der Waals surface area contributed by atoms with E-state index in [4.69, 9.17) is 5.21 Å². The first-order valence-electron chi connectivity index (χ1n) is 9.25. The summed E-state index contributed by atoms with van der Waals surface area (Å²) in [7, 11) is 3.41. The lowest BCUT2D eigenvalue weighted by Crippen LogP contribution is -2.39. The van der Waals surface area contributed by atoms with Gasteiger partial charge in [-0.3, -0.25) is 13.9 Å². The lowest BCUT2D eigenvalue weighted by atomic mass is 10.1. The van der Waals surface area contributed by atoms with Crippen molar-refractivity contribution in [2.45, 2.75) is 64.8 Å². The monoisotopic (exact) mass is 363 g/mol. The highest BCUT2D eigenvalue weighted by molar-refractivity contribution is 5.81. The average molecular weight is 363 g/mol. The Kier molecular flexibility index (Phi) is 7.17. The van der Waals surface area contributed by atoms with Crippen LogP contribution in [0.15, 0.2) is 21.1 Å². The Labute approximate surface area is 152 Å². The molecule has 0 unspecified atom stereocenters. The number of hydrogen-bond donors (Lipinski definition) is 1. The molecule has 0 aliphatic carbocycles. The lowest BCUT2D eigenvalue weighted by molar-refractivity contribution is 0.317. The van der Waals surface area contributed by atoms with E-state index in [0.29, 0.717) is 17.7 Å². The summed E-state index contributed by atoms with van der Waals surface area (Å²) in [6.45, 7) is 2.27. The zero-order valence-electron chi connectivity index (χ0n) is 15.9. The second kappa shape index (κ2) is 9.35. The third kappa shape index (κ3) is 4.62. The summed E-state index contributed by atoms with van der Waals surface area (Å²) in [5, 5.41) is 11.8. The van der Waals surface area contributed by atoms with Crippen LogP contribution < -0.4 is 11.2 Å². The molecule has 0 aliphatic heterocycles. The third-order valence-corrected chi connectivity index (χ3v) is 4.79. The Bertz CT molecular complexity index is 875. The Morgan fingerprint density at radius 3 is 2.35 bits per heavy atom. The summed E-state index contributed by atoms with van der Waals surface area (Å²) in [5.41, 5.74) is 1.11. The molecular formula is C18H29N5O3. The molecule has 0 bridgehead atoms. The Hall–Kier alpha value is -2.38. The normalized spacial score (nSPS) is 12.2. The van der Waals surface area contributed by atoms with Gasteiger partial charge < -0.3 is 9.77 Å². The number of unbranched alkanes of at least 4 members (excludes halogenated alkanes) is 6. The van der Waals surface area contributed by atoms with Crippen LogP contribution >= 0.6 is 0 Å². The van der Waals surface area contributed by atoms with Crippen LogP contribution in [-0.2, 0) is 20.6 Å². The molecule has 0 aromatic carbocycles. The van der Waals surface area contributed by atoms with Gasteiger partial charge in [0.2, 0.25) is 0 Å². The van der Waals surface area contributed by atoms with Crippen LogP contribution in [0.25, 0.3) is 11.2 Å². The standard InChI is InChI=1S/C18H29N5O3/c1-14(20-26)11-9-7-5-4-6-8-10-12-23-17(24)15-16(19-13-21(15)2)22(3)18(23)25/h13,26H,4-12H2,1-3H3. The summed E-state index contributed by atoms with van der Waals surface area (Å²) in [6.07, 6.45) is 9.78. The second-order valence-electron chi connectivity index (χ2n) is 6.89. The zero-order chi connectivity index (χ0) is 19.1. The first-order valence-corrected chi connectivity index (χ1v) is 9.25. The van der Waals surface area contributed by atoms with Crippen LogP contribution in [0.4, 0.5) is 0 Å². The van der Waals surface area contributed by atoms with Crippen LogP contribution in [0.2, 0.25) is 0 Å². The molecule has 144 valence electrons. The van der Waals surface area contributed by atoms with Crippen molar-refractivity contribution < 1.29 is 5.21 Å². The highest BCUT2D eigenvalue weighted by Gasteiger charge is 2.14. The summed E-state index contributed by atoms with van der Waals surface area (Å²) in [6, 6.07) is 0. The highest BCUT2D eigenvalue weighted by atomic mass is 16.4. The minimum Gasteiger partial charge on any atom is -0.411 e. The van der Waals surface area contributed by atoms with Gasteiger partial charge in [-0.2, -0.15) is 0 Å². The predicted molar refractivity (Wildman–Crippen MR) is 102 cm³/mol. The van der Waals surface area contributed by atoms with Crippen molar-refractivity contribution in [2.24, 2.45) is 19.3 Å². The molecule has 0 saturated heterocycles. The van der Waals surface area contributed by atoms with E-state index in [2.05, 4.69) is 10.1 Å². The summed E-state index contributed by atoms with van der Waals surface area (Å²) < 4.78 is 4.42. The highest BCUT2D eigenvalue weighted by Crippen LogP contribution is 2.10. The molecule has 0 saturated carbocycles. The number of aryl methyl sites for hydroxylation is 2. The van der Waals surface area contributed by atoms with E-state index in [1.165, 1.54) is 9.13 Å². The Morgan fingerprint density at radius 1 is 1.08 bits per heavy atom.